The summed E-state index contributed by atoms with van der Waals surface area (Å²) in [5.41, 5.74) is 3.28. The molecule has 0 aromatic heterocycles. The second-order valence-corrected chi connectivity index (χ2v) is 8.30. The van der Waals surface area contributed by atoms with Crippen LogP contribution in [0.1, 0.15) is 45.6 Å². The van der Waals surface area contributed by atoms with E-state index in [0.29, 0.717) is 19.8 Å². The first-order valence-electron chi connectivity index (χ1n) is 10.3. The van der Waals surface area contributed by atoms with Crippen LogP contribution in [0.25, 0.3) is 0 Å². The Bertz CT molecular complexity index is 798. The fraction of sp³-hybridized carbons (Fsp3) is 0.478. The van der Waals surface area contributed by atoms with E-state index in [1.54, 1.807) is 11.8 Å². The van der Waals surface area contributed by atoms with Crippen LogP contribution >= 0.6 is 11.8 Å². The first-order valence-corrected chi connectivity index (χ1v) is 11.1. The van der Waals surface area contributed by atoms with Gasteiger partial charge in [0.05, 0.1) is 11.6 Å². The minimum absolute atomic E-state index is 0.0748. The molecule has 2 aliphatic rings. The Morgan fingerprint density at radius 1 is 1.25 bits per heavy atom. The quantitative estimate of drug-likeness (QED) is 0.630. The van der Waals surface area contributed by atoms with Gasteiger partial charge >= 0.3 is 0 Å². The molecule has 0 saturated heterocycles. The number of carbonyl (C=O) groups is 1. The molecule has 28 heavy (non-hydrogen) atoms. The second-order valence-electron chi connectivity index (χ2n) is 7.22. The minimum atomic E-state index is -0.181. The third-order valence-corrected chi connectivity index (χ3v) is 6.14. The summed E-state index contributed by atoms with van der Waals surface area (Å²) in [5.74, 6) is 0.0401. The highest BCUT2D eigenvalue weighted by molar-refractivity contribution is 8.03. The Hall–Kier alpha value is -1.85. The molecular weight excluding hydrogens is 368 g/mol. The summed E-state index contributed by atoms with van der Waals surface area (Å²) in [7, 11) is 0. The number of allylic oxidation sites excluding steroid dienone is 1. The Kier molecular flexibility index (Phi) is 7.51. The number of nitrogens with one attached hydrogen (secondary N) is 1. The van der Waals surface area contributed by atoms with Crippen molar-refractivity contribution in [2.75, 3.05) is 19.8 Å². The van der Waals surface area contributed by atoms with Gasteiger partial charge in [-0.05, 0) is 37.8 Å². The lowest BCUT2D eigenvalue weighted by atomic mass is 9.88. The molecule has 4 nitrogen and oxygen atoms in total. The van der Waals surface area contributed by atoms with Gasteiger partial charge in [-0.1, -0.05) is 56.3 Å². The minimum Gasteiger partial charge on any atom is -0.382 e. The van der Waals surface area contributed by atoms with Crippen LogP contribution in [-0.2, 0) is 9.53 Å². The Labute approximate surface area is 172 Å². The number of hydrogen-bond acceptors (Lipinski definition) is 4. The summed E-state index contributed by atoms with van der Waals surface area (Å²) < 4.78 is 5.34. The van der Waals surface area contributed by atoms with E-state index in [9.17, 15) is 4.79 Å². The van der Waals surface area contributed by atoms with Crippen LogP contribution < -0.4 is 5.32 Å². The van der Waals surface area contributed by atoms with Crippen LogP contribution in [0, 0.1) is 11.8 Å². The van der Waals surface area contributed by atoms with Crippen LogP contribution in [0.5, 0.6) is 0 Å². The molecular formula is C23H30N2O2S. The number of hydrogen-bond donors (Lipinski definition) is 1. The van der Waals surface area contributed by atoms with E-state index < -0.39 is 0 Å². The zero-order valence-electron chi connectivity index (χ0n) is 17.0. The number of carbonyl (C=O) groups excluding carboxylic acids is 1. The molecule has 0 bridgehead atoms. The van der Waals surface area contributed by atoms with Crippen molar-refractivity contribution in [1.29, 1.82) is 0 Å². The summed E-state index contributed by atoms with van der Waals surface area (Å²) >= 11 is 1.77. The highest BCUT2D eigenvalue weighted by Gasteiger charge is 2.29. The molecule has 150 valence electrons. The molecule has 1 aromatic rings. The zero-order chi connectivity index (χ0) is 19.9. The number of nitrogens with zero attached hydrogens (tertiary/aromatic N) is 1. The smallest absolute Gasteiger partial charge is 0.227 e. The van der Waals surface area contributed by atoms with Crippen molar-refractivity contribution in [1.82, 2.24) is 5.32 Å². The number of fused-ring (bicyclic) bond motifs is 2. The van der Waals surface area contributed by atoms with Gasteiger partial charge in [0.25, 0.3) is 0 Å². The van der Waals surface area contributed by atoms with E-state index in [-0.39, 0.29) is 17.7 Å². The SMILES string of the molecule is CCCC1=NC2=CC(C(=O)NCCCOCC)C(C)C=C2Sc2ccccc21. The molecule has 0 radical (unpaired) electrons. The third kappa shape index (κ3) is 4.95. The fourth-order valence-corrected chi connectivity index (χ4v) is 4.70. The fourth-order valence-electron chi connectivity index (χ4n) is 3.52. The van der Waals surface area contributed by atoms with E-state index >= 15 is 0 Å². The number of aliphatic imine (C=N–C) groups is 1. The normalized spacial score (nSPS) is 20.9. The molecule has 0 saturated carbocycles. The van der Waals surface area contributed by atoms with Gasteiger partial charge < -0.3 is 10.1 Å². The first-order chi connectivity index (χ1) is 13.6. The van der Waals surface area contributed by atoms with E-state index in [0.717, 1.165) is 35.6 Å². The number of rotatable bonds is 8. The van der Waals surface area contributed by atoms with Crippen molar-refractivity contribution in [3.8, 4) is 0 Å². The lowest BCUT2D eigenvalue weighted by molar-refractivity contribution is -0.124. The average Bonchev–Trinajstić information content (AvgIpc) is 2.83. The predicted molar refractivity (Wildman–Crippen MR) is 117 cm³/mol. The molecule has 1 aliphatic heterocycles. The van der Waals surface area contributed by atoms with Gasteiger partial charge in [0, 0.05) is 40.8 Å². The summed E-state index contributed by atoms with van der Waals surface area (Å²) in [6.07, 6.45) is 7.09. The standard InChI is InChI=1S/C23H30N2O2S/c1-4-9-19-17-10-6-7-11-21(17)28-22-14-16(3)18(15-20(22)25-19)23(26)24-12-8-13-27-5-2/h6-7,10-11,14-16,18H,4-5,8-9,12-13H2,1-3H3,(H,24,26). The summed E-state index contributed by atoms with van der Waals surface area (Å²) in [5, 5.41) is 3.06. The number of benzene rings is 1. The van der Waals surface area contributed by atoms with Crippen LogP contribution in [0.3, 0.4) is 0 Å². The van der Waals surface area contributed by atoms with E-state index in [1.807, 2.05) is 6.92 Å². The maximum Gasteiger partial charge on any atom is 0.227 e. The maximum atomic E-state index is 12.7. The zero-order valence-corrected chi connectivity index (χ0v) is 17.8. The van der Waals surface area contributed by atoms with Crippen LogP contribution in [-0.4, -0.2) is 31.4 Å². The topological polar surface area (TPSA) is 50.7 Å². The van der Waals surface area contributed by atoms with Crippen molar-refractivity contribution >= 4 is 23.4 Å². The van der Waals surface area contributed by atoms with Crippen molar-refractivity contribution in [2.45, 2.75) is 44.9 Å². The monoisotopic (exact) mass is 398 g/mol. The first kappa shape index (κ1) is 20.9. The summed E-state index contributed by atoms with van der Waals surface area (Å²) in [6, 6.07) is 8.47. The molecule has 1 heterocycles. The molecule has 1 N–H and O–H groups in total. The van der Waals surface area contributed by atoms with Crippen LogP contribution in [0.4, 0.5) is 0 Å². The third-order valence-electron chi connectivity index (χ3n) is 5.00. The molecule has 1 amide bonds. The Morgan fingerprint density at radius 2 is 2.07 bits per heavy atom. The van der Waals surface area contributed by atoms with Crippen molar-refractivity contribution in [2.24, 2.45) is 16.8 Å². The van der Waals surface area contributed by atoms with Gasteiger partial charge in [0.1, 0.15) is 0 Å². The van der Waals surface area contributed by atoms with Gasteiger partial charge in [0.15, 0.2) is 0 Å². The predicted octanol–water partition coefficient (Wildman–Crippen LogP) is 4.96. The van der Waals surface area contributed by atoms with Gasteiger partial charge in [-0.25, -0.2) is 0 Å². The lowest BCUT2D eigenvalue weighted by Gasteiger charge is -2.24. The molecule has 0 fully saturated rings. The van der Waals surface area contributed by atoms with Gasteiger partial charge in [-0.2, -0.15) is 0 Å². The van der Waals surface area contributed by atoms with E-state index in [1.165, 1.54) is 10.5 Å². The average molecular weight is 399 g/mol. The molecule has 1 aromatic carbocycles. The van der Waals surface area contributed by atoms with Gasteiger partial charge in [0.2, 0.25) is 5.91 Å². The Balaban J connectivity index is 1.79. The maximum absolute atomic E-state index is 12.7. The van der Waals surface area contributed by atoms with Gasteiger partial charge in [-0.15, -0.1) is 0 Å². The van der Waals surface area contributed by atoms with E-state index in [4.69, 9.17) is 9.73 Å². The summed E-state index contributed by atoms with van der Waals surface area (Å²) in [4.78, 5) is 20.2. The van der Waals surface area contributed by atoms with Crippen LogP contribution in [0.15, 0.2) is 56.9 Å². The largest absolute Gasteiger partial charge is 0.382 e. The molecule has 2 unspecified atom stereocenters. The Morgan fingerprint density at radius 3 is 2.86 bits per heavy atom. The van der Waals surface area contributed by atoms with Crippen molar-refractivity contribution in [3.05, 3.63) is 52.6 Å². The number of thioether (sulfide) groups is 1. The highest BCUT2D eigenvalue weighted by atomic mass is 32.2. The second kappa shape index (κ2) is 10.1. The molecule has 1 aliphatic carbocycles. The lowest BCUT2D eigenvalue weighted by Crippen LogP contribution is -2.35. The van der Waals surface area contributed by atoms with Crippen LogP contribution in [0.2, 0.25) is 0 Å². The number of amides is 1. The highest BCUT2D eigenvalue weighted by Crippen LogP contribution is 2.42. The number of ether oxygens (including phenoxy) is 1. The molecule has 0 spiro atoms. The molecule has 5 heteroatoms. The molecule has 3 rings (SSSR count). The molecule has 2 atom stereocenters. The van der Waals surface area contributed by atoms with E-state index in [2.05, 4.69) is 55.6 Å². The summed E-state index contributed by atoms with van der Waals surface area (Å²) in [6.45, 7) is 8.31. The van der Waals surface area contributed by atoms with Crippen molar-refractivity contribution in [3.63, 3.8) is 0 Å². The van der Waals surface area contributed by atoms with Crippen molar-refractivity contribution < 1.29 is 9.53 Å². The van der Waals surface area contributed by atoms with Gasteiger partial charge in [-0.3, -0.25) is 9.79 Å².